The zero-order chi connectivity index (χ0) is 16.0. The van der Waals surface area contributed by atoms with Crippen LogP contribution in [-0.4, -0.2) is 21.5 Å². The highest BCUT2D eigenvalue weighted by Gasteiger charge is 2.25. The van der Waals surface area contributed by atoms with E-state index >= 15 is 0 Å². The van der Waals surface area contributed by atoms with Crippen molar-refractivity contribution in [3.05, 3.63) is 0 Å². The maximum absolute atomic E-state index is 6.03. The van der Waals surface area contributed by atoms with Gasteiger partial charge in [0.15, 0.2) is 8.32 Å². The molecule has 0 aliphatic rings. The van der Waals surface area contributed by atoms with Crippen molar-refractivity contribution in [3.8, 4) is 0 Å². The Hall–Kier alpha value is 0.527. The molecule has 0 spiro atoms. The van der Waals surface area contributed by atoms with Crippen LogP contribution in [0.1, 0.15) is 54.4 Å². The molecule has 3 nitrogen and oxygen atoms in total. The Bertz CT molecular complexity index is 244. The lowest BCUT2D eigenvalue weighted by atomic mass is 9.93. The van der Waals surface area contributed by atoms with Crippen LogP contribution in [0.5, 0.6) is 0 Å². The van der Waals surface area contributed by atoms with Gasteiger partial charge in [-0.3, -0.25) is 0 Å². The van der Waals surface area contributed by atoms with Crippen LogP contribution >= 0.6 is 8.60 Å². The first-order chi connectivity index (χ1) is 8.79. The number of rotatable bonds is 8. The van der Waals surface area contributed by atoms with E-state index in [0.717, 1.165) is 12.8 Å². The Morgan fingerprint density at radius 3 is 1.35 bits per heavy atom. The van der Waals surface area contributed by atoms with E-state index in [1.54, 1.807) is 0 Å². The number of hydrogen-bond donors (Lipinski definition) is 0. The molecule has 0 bridgehead atoms. The van der Waals surface area contributed by atoms with Crippen LogP contribution in [0.3, 0.4) is 0 Å². The van der Waals surface area contributed by atoms with Gasteiger partial charge >= 0.3 is 8.60 Å². The molecule has 20 heavy (non-hydrogen) atoms. The Labute approximate surface area is 128 Å². The zero-order valence-electron chi connectivity index (χ0n) is 15.0. The summed E-state index contributed by atoms with van der Waals surface area (Å²) >= 11 is 0. The normalized spacial score (nSPS) is 14.1. The van der Waals surface area contributed by atoms with Crippen molar-refractivity contribution < 1.29 is 13.3 Å². The summed E-state index contributed by atoms with van der Waals surface area (Å²) in [5.74, 6) is 0. The van der Waals surface area contributed by atoms with Gasteiger partial charge in [0, 0.05) is 0 Å². The summed E-state index contributed by atoms with van der Waals surface area (Å²) in [5, 5.41) is 0. The van der Waals surface area contributed by atoms with Gasteiger partial charge in [0.2, 0.25) is 0 Å². The van der Waals surface area contributed by atoms with Gasteiger partial charge in [-0.15, -0.1) is 0 Å². The molecule has 0 saturated carbocycles. The first-order valence-electron chi connectivity index (χ1n) is 7.54. The molecule has 0 aromatic rings. The predicted molar refractivity (Wildman–Crippen MR) is 91.4 cm³/mol. The van der Waals surface area contributed by atoms with Crippen molar-refractivity contribution in [3.63, 3.8) is 0 Å². The fraction of sp³-hybridized carbons (Fsp3) is 1.00. The van der Waals surface area contributed by atoms with Gasteiger partial charge in [-0.25, -0.2) is 0 Å². The van der Waals surface area contributed by atoms with Gasteiger partial charge in [-0.1, -0.05) is 41.5 Å². The van der Waals surface area contributed by atoms with Crippen LogP contribution in [0.25, 0.3) is 0 Å². The van der Waals surface area contributed by atoms with Gasteiger partial charge in [0.25, 0.3) is 0 Å². The van der Waals surface area contributed by atoms with E-state index in [1.807, 2.05) is 0 Å². The Morgan fingerprint density at radius 1 is 0.750 bits per heavy atom. The van der Waals surface area contributed by atoms with E-state index in [0.29, 0.717) is 13.2 Å². The fourth-order valence-electron chi connectivity index (χ4n) is 1.17. The quantitative estimate of drug-likeness (QED) is 0.407. The van der Waals surface area contributed by atoms with E-state index in [1.165, 1.54) is 0 Å². The van der Waals surface area contributed by atoms with Crippen LogP contribution in [-0.2, 0) is 13.3 Å². The highest BCUT2D eigenvalue weighted by molar-refractivity contribution is 7.43. The van der Waals surface area contributed by atoms with E-state index in [9.17, 15) is 0 Å². The molecule has 0 saturated heterocycles. The average Bonchev–Trinajstić information content (AvgIpc) is 2.10. The Balaban J connectivity index is 4.21. The van der Waals surface area contributed by atoms with Gasteiger partial charge < -0.3 is 13.3 Å². The zero-order valence-corrected chi connectivity index (χ0v) is 16.9. The minimum atomic E-state index is -1.63. The second-order valence-electron chi connectivity index (χ2n) is 8.72. The lowest BCUT2D eigenvalue weighted by molar-refractivity contribution is 0.166. The van der Waals surface area contributed by atoms with E-state index in [-0.39, 0.29) is 10.8 Å². The lowest BCUT2D eigenvalue weighted by Crippen LogP contribution is -2.24. The highest BCUT2D eigenvalue weighted by Crippen LogP contribution is 2.44. The van der Waals surface area contributed by atoms with E-state index in [4.69, 9.17) is 13.3 Å². The number of hydrogen-bond acceptors (Lipinski definition) is 3. The molecule has 0 N–H and O–H groups in total. The van der Waals surface area contributed by atoms with E-state index < -0.39 is 16.9 Å². The van der Waals surface area contributed by atoms with Crippen LogP contribution in [0.2, 0.25) is 19.6 Å². The molecule has 0 rings (SSSR count). The lowest BCUT2D eigenvalue weighted by Gasteiger charge is -2.27. The molecule has 0 aliphatic heterocycles. The molecule has 0 unspecified atom stereocenters. The fourth-order valence-corrected chi connectivity index (χ4v) is 3.93. The standard InChI is InChI=1S/C15H35O3PSi/c1-14(2,3)10-12-16-19(18-20(7,8)9)17-13-11-15(4,5)6/h10-13H2,1-9H3. The monoisotopic (exact) mass is 322 g/mol. The smallest absolute Gasteiger partial charge is 0.321 e. The average molecular weight is 323 g/mol. The molecule has 0 atom stereocenters. The van der Waals surface area contributed by atoms with Crippen molar-refractivity contribution in [2.45, 2.75) is 74.0 Å². The summed E-state index contributed by atoms with van der Waals surface area (Å²) in [6.07, 6.45) is 2.03. The van der Waals surface area contributed by atoms with Crippen LogP contribution in [0, 0.1) is 10.8 Å². The highest BCUT2D eigenvalue weighted by atomic mass is 31.2. The molecular formula is C15H35O3PSi. The summed E-state index contributed by atoms with van der Waals surface area (Å²) in [7, 11) is -2.83. The summed E-state index contributed by atoms with van der Waals surface area (Å²) < 4.78 is 17.8. The summed E-state index contributed by atoms with van der Waals surface area (Å²) in [6, 6.07) is 0. The van der Waals surface area contributed by atoms with Gasteiger partial charge in [0.1, 0.15) is 0 Å². The molecule has 0 heterocycles. The second-order valence-corrected chi connectivity index (χ2v) is 14.6. The molecule has 0 fully saturated rings. The summed E-state index contributed by atoms with van der Waals surface area (Å²) in [4.78, 5) is 0. The predicted octanol–water partition coefficient (Wildman–Crippen LogP) is 5.97. The SMILES string of the molecule is CC(C)(C)CCOP(OCCC(C)(C)C)O[Si](C)(C)C. The third kappa shape index (κ3) is 14.9. The first-order valence-corrected chi connectivity index (χ1v) is 12.0. The van der Waals surface area contributed by atoms with Crippen molar-refractivity contribution in [1.29, 1.82) is 0 Å². The van der Waals surface area contributed by atoms with Gasteiger partial charge in [-0.05, 0) is 43.3 Å². The van der Waals surface area contributed by atoms with Crippen molar-refractivity contribution in [2.24, 2.45) is 10.8 Å². The van der Waals surface area contributed by atoms with Crippen LogP contribution < -0.4 is 0 Å². The maximum atomic E-state index is 6.03. The van der Waals surface area contributed by atoms with E-state index in [2.05, 4.69) is 61.2 Å². The Kier molecular flexibility index (Phi) is 8.45. The van der Waals surface area contributed by atoms with Crippen molar-refractivity contribution in [2.75, 3.05) is 13.2 Å². The Morgan fingerprint density at radius 2 is 1.10 bits per heavy atom. The molecule has 0 aromatic heterocycles. The summed E-state index contributed by atoms with van der Waals surface area (Å²) in [5.41, 5.74) is 0.567. The summed E-state index contributed by atoms with van der Waals surface area (Å²) in [6.45, 7) is 21.2. The molecule has 0 aliphatic carbocycles. The molecule has 122 valence electrons. The first kappa shape index (κ1) is 20.5. The van der Waals surface area contributed by atoms with Crippen molar-refractivity contribution in [1.82, 2.24) is 0 Å². The molecule has 5 heteroatoms. The third-order valence-corrected chi connectivity index (χ3v) is 6.02. The van der Waals surface area contributed by atoms with Gasteiger partial charge in [0.05, 0.1) is 13.2 Å². The van der Waals surface area contributed by atoms with Crippen LogP contribution in [0.4, 0.5) is 0 Å². The molecule has 0 amide bonds. The molecule has 0 radical (unpaired) electrons. The minimum absolute atomic E-state index is 0.283. The molecular weight excluding hydrogens is 287 g/mol. The van der Waals surface area contributed by atoms with Gasteiger partial charge in [-0.2, -0.15) is 0 Å². The van der Waals surface area contributed by atoms with Crippen LogP contribution in [0.15, 0.2) is 0 Å². The largest absolute Gasteiger partial charge is 0.355 e. The topological polar surface area (TPSA) is 27.7 Å². The van der Waals surface area contributed by atoms with Crippen molar-refractivity contribution >= 4 is 16.9 Å². The molecule has 0 aromatic carbocycles. The minimum Gasteiger partial charge on any atom is -0.355 e. The second kappa shape index (κ2) is 8.24. The third-order valence-electron chi connectivity index (χ3n) is 2.45. The maximum Gasteiger partial charge on any atom is 0.321 e.